The lowest BCUT2D eigenvalue weighted by molar-refractivity contribution is -0.137. The first-order chi connectivity index (χ1) is 19.4. The van der Waals surface area contributed by atoms with E-state index in [0.717, 1.165) is 27.9 Å². The fraction of sp³-hybridized carbons (Fsp3) is 0.414. The van der Waals surface area contributed by atoms with Crippen LogP contribution in [0.3, 0.4) is 0 Å². The summed E-state index contributed by atoms with van der Waals surface area (Å²) in [4.78, 5) is 14.2. The van der Waals surface area contributed by atoms with Gasteiger partial charge in [0.15, 0.2) is 0 Å². The average Bonchev–Trinajstić information content (AvgIpc) is 3.47. The van der Waals surface area contributed by atoms with E-state index in [1.807, 2.05) is 45.0 Å². The van der Waals surface area contributed by atoms with Gasteiger partial charge in [-0.1, -0.05) is 38.1 Å². The van der Waals surface area contributed by atoms with Crippen molar-refractivity contribution in [2.45, 2.75) is 57.0 Å². The van der Waals surface area contributed by atoms with Gasteiger partial charge in [0.25, 0.3) is 0 Å². The van der Waals surface area contributed by atoms with Gasteiger partial charge in [-0.05, 0) is 43.2 Å². The lowest BCUT2D eigenvalue weighted by Crippen LogP contribution is -2.36. The summed E-state index contributed by atoms with van der Waals surface area (Å²) in [6.45, 7) is 5.73. The Morgan fingerprint density at radius 2 is 1.63 bits per heavy atom. The van der Waals surface area contributed by atoms with Crippen molar-refractivity contribution in [3.8, 4) is 10.6 Å². The summed E-state index contributed by atoms with van der Waals surface area (Å²) in [5, 5.41) is 37.9. The van der Waals surface area contributed by atoms with E-state index in [2.05, 4.69) is 15.6 Å². The van der Waals surface area contributed by atoms with E-state index in [-0.39, 0.29) is 6.61 Å². The van der Waals surface area contributed by atoms with Crippen LogP contribution in [0.15, 0.2) is 48.5 Å². The van der Waals surface area contributed by atoms with E-state index in [1.54, 1.807) is 0 Å². The molecular weight excluding hydrogens is 555 g/mol. The molecule has 2 heterocycles. The minimum absolute atomic E-state index is 0.254. The molecule has 8 nitrogen and oxygen atoms in total. The normalized spacial score (nSPS) is 21.4. The van der Waals surface area contributed by atoms with Gasteiger partial charge < -0.3 is 26.0 Å². The largest absolute Gasteiger partial charge is 0.416 e. The number of aryl methyl sites for hydroxylation is 1. The maximum Gasteiger partial charge on any atom is 0.416 e. The van der Waals surface area contributed by atoms with Crippen molar-refractivity contribution in [3.63, 3.8) is 0 Å². The third-order valence-electron chi connectivity index (χ3n) is 7.64. The number of anilines is 2. The molecule has 4 atom stereocenters. The second-order valence-electron chi connectivity index (χ2n) is 11.1. The summed E-state index contributed by atoms with van der Waals surface area (Å²) in [6, 6.07) is 12.3. The molecule has 5 N–H and O–H groups in total. The molecule has 0 spiro atoms. The van der Waals surface area contributed by atoms with E-state index in [9.17, 15) is 28.5 Å². The number of hydrogen-bond donors (Lipinski definition) is 5. The Morgan fingerprint density at radius 1 is 0.951 bits per heavy atom. The van der Waals surface area contributed by atoms with E-state index >= 15 is 0 Å². The van der Waals surface area contributed by atoms with Gasteiger partial charge in [-0.25, -0.2) is 9.97 Å². The first kappa shape index (κ1) is 29.2. The summed E-state index contributed by atoms with van der Waals surface area (Å²) in [5.74, 6) is 0.237. The topological polar surface area (TPSA) is 123 Å². The fourth-order valence-corrected chi connectivity index (χ4v) is 6.19. The van der Waals surface area contributed by atoms with Gasteiger partial charge in [-0.2, -0.15) is 18.2 Å². The maximum absolute atomic E-state index is 13.0. The van der Waals surface area contributed by atoms with E-state index in [1.165, 1.54) is 23.5 Å². The number of halogens is 3. The Morgan fingerprint density at radius 3 is 2.27 bits per heavy atom. The summed E-state index contributed by atoms with van der Waals surface area (Å²) in [5.41, 5.74) is 1.58. The molecule has 1 fully saturated rings. The van der Waals surface area contributed by atoms with E-state index < -0.39 is 41.3 Å². The van der Waals surface area contributed by atoms with Crippen LogP contribution in [0.5, 0.6) is 0 Å². The van der Waals surface area contributed by atoms with Crippen molar-refractivity contribution in [2.75, 3.05) is 23.8 Å². The molecule has 218 valence electrons. The highest BCUT2D eigenvalue weighted by Crippen LogP contribution is 2.38. The van der Waals surface area contributed by atoms with Crippen LogP contribution in [0.2, 0.25) is 0 Å². The molecule has 12 heteroatoms. The standard InChI is InChI=1S/C29H32F3N5O3S/c1-15-22(26-36-19-6-4-5-7-21(19)41-26)25(35-20-12-16(13-38)23(39)24(20)40)37-27(34-15)33-14-28(2,3)17-8-10-18(11-9-17)29(30,31)32/h4-11,16,20,23-24,38-40H,12-14H2,1-3H3,(H2,33,34,35,37)/t16-,20?,23-,24+/m1/s1. The lowest BCUT2D eigenvalue weighted by Gasteiger charge is -2.27. The van der Waals surface area contributed by atoms with Crippen LogP contribution in [0, 0.1) is 12.8 Å². The molecule has 41 heavy (non-hydrogen) atoms. The second-order valence-corrected chi connectivity index (χ2v) is 12.1. The Hall–Kier alpha value is -3.32. The number of fused-ring (bicyclic) bond motifs is 1. The predicted octanol–water partition coefficient (Wildman–Crippen LogP) is 4.98. The Balaban J connectivity index is 1.45. The van der Waals surface area contributed by atoms with Crippen molar-refractivity contribution < 1.29 is 28.5 Å². The Kier molecular flexibility index (Phi) is 7.94. The van der Waals surface area contributed by atoms with Crippen LogP contribution in [-0.4, -0.2) is 61.7 Å². The van der Waals surface area contributed by atoms with Crippen molar-refractivity contribution in [1.82, 2.24) is 15.0 Å². The molecule has 0 bridgehead atoms. The highest BCUT2D eigenvalue weighted by molar-refractivity contribution is 7.21. The molecule has 2 aromatic heterocycles. The number of nitrogens with one attached hydrogen (secondary N) is 2. The Bertz CT molecular complexity index is 1490. The van der Waals surface area contributed by atoms with Gasteiger partial charge in [-0.15, -0.1) is 11.3 Å². The molecule has 2 aromatic carbocycles. The summed E-state index contributed by atoms with van der Waals surface area (Å²) < 4.78 is 40.1. The van der Waals surface area contributed by atoms with Crippen LogP contribution in [-0.2, 0) is 11.6 Å². The van der Waals surface area contributed by atoms with E-state index in [4.69, 9.17) is 9.97 Å². The summed E-state index contributed by atoms with van der Waals surface area (Å²) >= 11 is 1.48. The minimum atomic E-state index is -4.40. The number of aromatic nitrogens is 3. The van der Waals surface area contributed by atoms with Gasteiger partial charge in [0.2, 0.25) is 5.95 Å². The first-order valence-corrected chi connectivity index (χ1v) is 14.1. The number of nitrogens with zero attached hydrogens (tertiary/aromatic N) is 3. The zero-order valence-corrected chi connectivity index (χ0v) is 23.6. The van der Waals surface area contributed by atoms with Crippen LogP contribution in [0.25, 0.3) is 20.8 Å². The molecule has 1 aliphatic carbocycles. The lowest BCUT2D eigenvalue weighted by atomic mass is 9.84. The maximum atomic E-state index is 13.0. The number of rotatable bonds is 8. The zero-order chi connectivity index (χ0) is 29.5. The van der Waals surface area contributed by atoms with Crippen molar-refractivity contribution in [1.29, 1.82) is 0 Å². The third kappa shape index (κ3) is 6.01. The summed E-state index contributed by atoms with van der Waals surface area (Å²) in [6.07, 6.45) is -6.25. The number of benzene rings is 2. The highest BCUT2D eigenvalue weighted by atomic mass is 32.1. The second kappa shape index (κ2) is 11.2. The number of para-hydroxylation sites is 1. The molecule has 0 radical (unpaired) electrons. The fourth-order valence-electron chi connectivity index (χ4n) is 5.13. The van der Waals surface area contributed by atoms with Gasteiger partial charge in [-0.3, -0.25) is 0 Å². The molecule has 1 aliphatic rings. The summed E-state index contributed by atoms with van der Waals surface area (Å²) in [7, 11) is 0. The van der Waals surface area contributed by atoms with Crippen molar-refractivity contribution in [3.05, 3.63) is 65.4 Å². The molecular formula is C29H32F3N5O3S. The van der Waals surface area contributed by atoms with Gasteiger partial charge in [0.1, 0.15) is 16.9 Å². The number of alkyl halides is 3. The minimum Gasteiger partial charge on any atom is -0.396 e. The quantitative estimate of drug-likeness (QED) is 0.196. The number of hydrogen-bond acceptors (Lipinski definition) is 9. The number of aliphatic hydroxyl groups is 3. The van der Waals surface area contributed by atoms with Crippen LogP contribution >= 0.6 is 11.3 Å². The average molecular weight is 588 g/mol. The van der Waals surface area contributed by atoms with Crippen LogP contribution in [0.1, 0.15) is 37.1 Å². The first-order valence-electron chi connectivity index (χ1n) is 13.3. The molecule has 4 aromatic rings. The smallest absolute Gasteiger partial charge is 0.396 e. The monoisotopic (exact) mass is 587 g/mol. The van der Waals surface area contributed by atoms with Crippen molar-refractivity contribution >= 4 is 33.3 Å². The SMILES string of the molecule is Cc1nc(NCC(C)(C)c2ccc(C(F)(F)F)cc2)nc(NC2C[C@H](CO)[C@@H](O)[C@H]2O)c1-c1nc2ccccc2s1. The number of thiazole rings is 1. The molecule has 0 amide bonds. The zero-order valence-electron chi connectivity index (χ0n) is 22.8. The molecule has 1 unspecified atom stereocenters. The molecule has 1 saturated carbocycles. The molecule has 0 saturated heterocycles. The molecule has 5 rings (SSSR count). The Labute approximate surface area is 239 Å². The predicted molar refractivity (Wildman–Crippen MR) is 153 cm³/mol. The highest BCUT2D eigenvalue weighted by Gasteiger charge is 2.41. The van der Waals surface area contributed by atoms with Crippen LogP contribution in [0.4, 0.5) is 24.9 Å². The molecule has 0 aliphatic heterocycles. The van der Waals surface area contributed by atoms with Gasteiger partial charge in [0, 0.05) is 24.5 Å². The van der Waals surface area contributed by atoms with E-state index in [0.29, 0.717) is 41.0 Å². The van der Waals surface area contributed by atoms with Gasteiger partial charge >= 0.3 is 6.18 Å². The van der Waals surface area contributed by atoms with Gasteiger partial charge in [0.05, 0.1) is 39.2 Å². The van der Waals surface area contributed by atoms with Crippen molar-refractivity contribution in [2.24, 2.45) is 5.92 Å². The number of aliphatic hydroxyl groups excluding tert-OH is 3. The van der Waals surface area contributed by atoms with Crippen LogP contribution < -0.4 is 10.6 Å². The third-order valence-corrected chi connectivity index (χ3v) is 8.69.